The summed E-state index contributed by atoms with van der Waals surface area (Å²) in [6.45, 7) is 0.710. The smallest absolute Gasteiger partial charge is 0.251 e. The van der Waals surface area contributed by atoms with Crippen LogP contribution in [0.5, 0.6) is 0 Å². The summed E-state index contributed by atoms with van der Waals surface area (Å²) in [5, 5.41) is 9.08. The molecule has 2 aromatic carbocycles. The summed E-state index contributed by atoms with van der Waals surface area (Å²) in [5.74, 6) is -0.0907. The number of anilines is 1. The van der Waals surface area contributed by atoms with Gasteiger partial charge in [0.1, 0.15) is 0 Å². The number of amides is 2. The Morgan fingerprint density at radius 2 is 1.59 bits per heavy atom. The molecule has 27 heavy (non-hydrogen) atoms. The van der Waals surface area contributed by atoms with Crippen molar-refractivity contribution in [2.75, 3.05) is 11.9 Å². The van der Waals surface area contributed by atoms with Crippen molar-refractivity contribution < 1.29 is 9.59 Å². The van der Waals surface area contributed by atoms with Crippen LogP contribution in [-0.2, 0) is 11.3 Å². The highest BCUT2D eigenvalue weighted by atomic mass is 16.2. The molecular formula is C22H27N3O2. The quantitative estimate of drug-likeness (QED) is 0.703. The molecule has 1 aliphatic rings. The van der Waals surface area contributed by atoms with Gasteiger partial charge in [-0.3, -0.25) is 9.59 Å². The molecule has 5 nitrogen and oxygen atoms in total. The minimum Gasteiger partial charge on any atom is -0.376 e. The molecule has 0 aliphatic heterocycles. The average Bonchev–Trinajstić information content (AvgIpc) is 2.72. The lowest BCUT2D eigenvalue weighted by Crippen LogP contribution is -2.36. The molecule has 0 aromatic heterocycles. The first-order chi connectivity index (χ1) is 13.2. The number of hydrogen-bond acceptors (Lipinski definition) is 3. The van der Waals surface area contributed by atoms with E-state index in [4.69, 9.17) is 0 Å². The van der Waals surface area contributed by atoms with Gasteiger partial charge in [-0.25, -0.2) is 0 Å². The Bertz CT molecular complexity index is 738. The van der Waals surface area contributed by atoms with Crippen LogP contribution in [0.2, 0.25) is 0 Å². The third-order valence-electron chi connectivity index (χ3n) is 4.87. The SMILES string of the molecule is O=C(CNc1ccc(C(=O)NC2CCCCC2)cc1)NCc1ccccc1. The highest BCUT2D eigenvalue weighted by molar-refractivity contribution is 5.94. The molecule has 3 N–H and O–H groups in total. The van der Waals surface area contributed by atoms with Crippen LogP contribution in [-0.4, -0.2) is 24.4 Å². The molecule has 0 saturated heterocycles. The molecule has 142 valence electrons. The molecule has 5 heteroatoms. The highest BCUT2D eigenvalue weighted by Gasteiger charge is 2.16. The maximum atomic E-state index is 12.3. The number of benzene rings is 2. The molecule has 1 saturated carbocycles. The fourth-order valence-electron chi connectivity index (χ4n) is 3.30. The Labute approximate surface area is 160 Å². The number of nitrogens with one attached hydrogen (secondary N) is 3. The van der Waals surface area contributed by atoms with E-state index in [0.717, 1.165) is 24.1 Å². The minimum atomic E-state index is -0.0713. The molecule has 1 fully saturated rings. The van der Waals surface area contributed by atoms with Gasteiger partial charge in [0.05, 0.1) is 6.54 Å². The van der Waals surface area contributed by atoms with Crippen LogP contribution in [0.1, 0.15) is 48.0 Å². The van der Waals surface area contributed by atoms with Crippen molar-refractivity contribution in [2.24, 2.45) is 0 Å². The lowest BCUT2D eigenvalue weighted by molar-refractivity contribution is -0.119. The van der Waals surface area contributed by atoms with Crippen LogP contribution < -0.4 is 16.0 Å². The van der Waals surface area contributed by atoms with E-state index in [1.807, 2.05) is 42.5 Å². The van der Waals surface area contributed by atoms with Crippen LogP contribution in [0.3, 0.4) is 0 Å². The largest absolute Gasteiger partial charge is 0.376 e. The molecule has 3 rings (SSSR count). The summed E-state index contributed by atoms with van der Waals surface area (Å²) in [6, 6.07) is 17.4. The fraction of sp³-hybridized carbons (Fsp3) is 0.364. The number of hydrogen-bond donors (Lipinski definition) is 3. The van der Waals surface area contributed by atoms with Crippen molar-refractivity contribution in [3.05, 3.63) is 65.7 Å². The second kappa shape index (κ2) is 9.76. The zero-order valence-electron chi connectivity index (χ0n) is 15.5. The highest BCUT2D eigenvalue weighted by Crippen LogP contribution is 2.18. The van der Waals surface area contributed by atoms with E-state index in [9.17, 15) is 9.59 Å². The Hall–Kier alpha value is -2.82. The molecule has 0 heterocycles. The first-order valence-corrected chi connectivity index (χ1v) is 9.66. The summed E-state index contributed by atoms with van der Waals surface area (Å²) >= 11 is 0. The lowest BCUT2D eigenvalue weighted by atomic mass is 9.95. The molecule has 0 bridgehead atoms. The van der Waals surface area contributed by atoms with E-state index in [2.05, 4.69) is 16.0 Å². The Morgan fingerprint density at radius 3 is 2.30 bits per heavy atom. The lowest BCUT2D eigenvalue weighted by Gasteiger charge is -2.22. The van der Waals surface area contributed by atoms with Gasteiger partial charge < -0.3 is 16.0 Å². The summed E-state index contributed by atoms with van der Waals surface area (Å²) < 4.78 is 0. The van der Waals surface area contributed by atoms with Gasteiger partial charge in [0.2, 0.25) is 5.91 Å². The Balaban J connectivity index is 1.41. The second-order valence-corrected chi connectivity index (χ2v) is 7.00. The van der Waals surface area contributed by atoms with E-state index in [-0.39, 0.29) is 18.4 Å². The molecule has 0 spiro atoms. The van der Waals surface area contributed by atoms with Crippen LogP contribution in [0, 0.1) is 0 Å². The van der Waals surface area contributed by atoms with Crippen molar-refractivity contribution in [1.29, 1.82) is 0 Å². The molecular weight excluding hydrogens is 338 g/mol. The predicted octanol–water partition coefficient (Wildman–Crippen LogP) is 3.48. The topological polar surface area (TPSA) is 70.2 Å². The standard InChI is InChI=1S/C22H27N3O2/c26-21(24-15-17-7-3-1-4-8-17)16-23-19-13-11-18(12-14-19)22(27)25-20-9-5-2-6-10-20/h1,3-4,7-8,11-14,20,23H,2,5-6,9-10,15-16H2,(H,24,26)(H,25,27). The van der Waals surface area contributed by atoms with Crippen molar-refractivity contribution in [3.8, 4) is 0 Å². The third kappa shape index (κ3) is 6.13. The van der Waals surface area contributed by atoms with Crippen molar-refractivity contribution in [1.82, 2.24) is 10.6 Å². The number of rotatable bonds is 7. The molecule has 1 aliphatic carbocycles. The normalized spacial score (nSPS) is 14.4. The van der Waals surface area contributed by atoms with Gasteiger partial charge in [-0.05, 0) is 42.7 Å². The van der Waals surface area contributed by atoms with E-state index < -0.39 is 0 Å². The Kier molecular flexibility index (Phi) is 6.85. The van der Waals surface area contributed by atoms with Gasteiger partial charge in [0.25, 0.3) is 5.91 Å². The monoisotopic (exact) mass is 365 g/mol. The van der Waals surface area contributed by atoms with Gasteiger partial charge in [0.15, 0.2) is 0 Å². The van der Waals surface area contributed by atoms with Crippen molar-refractivity contribution in [2.45, 2.75) is 44.7 Å². The number of carbonyl (C=O) groups is 2. The molecule has 0 unspecified atom stereocenters. The summed E-state index contributed by atoms with van der Waals surface area (Å²) in [5.41, 5.74) is 2.54. The zero-order valence-corrected chi connectivity index (χ0v) is 15.5. The van der Waals surface area contributed by atoms with Gasteiger partial charge in [-0.1, -0.05) is 49.6 Å². The first-order valence-electron chi connectivity index (χ1n) is 9.66. The van der Waals surface area contributed by atoms with Gasteiger partial charge in [0, 0.05) is 23.8 Å². The van der Waals surface area contributed by atoms with Gasteiger partial charge in [-0.15, -0.1) is 0 Å². The van der Waals surface area contributed by atoms with E-state index >= 15 is 0 Å². The van der Waals surface area contributed by atoms with Gasteiger partial charge >= 0.3 is 0 Å². The maximum Gasteiger partial charge on any atom is 0.251 e. The van der Waals surface area contributed by atoms with Gasteiger partial charge in [-0.2, -0.15) is 0 Å². The first kappa shape index (κ1) is 19.0. The predicted molar refractivity (Wildman–Crippen MR) is 108 cm³/mol. The number of carbonyl (C=O) groups excluding carboxylic acids is 2. The molecule has 0 radical (unpaired) electrons. The minimum absolute atomic E-state index is 0.0194. The molecule has 0 atom stereocenters. The third-order valence-corrected chi connectivity index (χ3v) is 4.87. The van der Waals surface area contributed by atoms with Crippen LogP contribution >= 0.6 is 0 Å². The Morgan fingerprint density at radius 1 is 0.889 bits per heavy atom. The summed E-state index contributed by atoms with van der Waals surface area (Å²) in [6.07, 6.45) is 5.80. The maximum absolute atomic E-state index is 12.3. The van der Waals surface area contributed by atoms with E-state index in [1.165, 1.54) is 19.3 Å². The average molecular weight is 365 g/mol. The van der Waals surface area contributed by atoms with E-state index in [0.29, 0.717) is 18.2 Å². The molecule has 2 aromatic rings. The second-order valence-electron chi connectivity index (χ2n) is 7.00. The van der Waals surface area contributed by atoms with Crippen molar-refractivity contribution >= 4 is 17.5 Å². The molecule has 2 amide bonds. The van der Waals surface area contributed by atoms with Crippen LogP contribution in [0.4, 0.5) is 5.69 Å². The fourth-order valence-corrected chi connectivity index (χ4v) is 3.30. The summed E-state index contributed by atoms with van der Waals surface area (Å²) in [7, 11) is 0. The van der Waals surface area contributed by atoms with Crippen LogP contribution in [0.15, 0.2) is 54.6 Å². The zero-order chi connectivity index (χ0) is 18.9. The van der Waals surface area contributed by atoms with Crippen molar-refractivity contribution in [3.63, 3.8) is 0 Å². The van der Waals surface area contributed by atoms with Crippen LogP contribution in [0.25, 0.3) is 0 Å². The van der Waals surface area contributed by atoms with E-state index in [1.54, 1.807) is 12.1 Å². The summed E-state index contributed by atoms with van der Waals surface area (Å²) in [4.78, 5) is 24.3.